The number of methoxy groups -OCH3 is 4. The number of carbonyl (C=O) groups is 3. The molecule has 1 aromatic heterocycles. The van der Waals surface area contributed by atoms with E-state index in [9.17, 15) is 19.2 Å². The van der Waals surface area contributed by atoms with Crippen molar-refractivity contribution in [2.24, 2.45) is 11.8 Å². The summed E-state index contributed by atoms with van der Waals surface area (Å²) >= 11 is 1.23. The molecule has 2 amide bonds. The van der Waals surface area contributed by atoms with Gasteiger partial charge in [-0.25, -0.2) is 9.78 Å². The van der Waals surface area contributed by atoms with E-state index in [2.05, 4.69) is 20.9 Å². The van der Waals surface area contributed by atoms with Crippen LogP contribution in [0.1, 0.15) is 80.0 Å². The SMILES string of the molecule is CC[C@@H](C)[C@H](Nc1ccc2c(cc1=O)[C@@H](NC(C)=O)CCc1cc(OC)c(OC)c(OC)c1-2)C(=O)Nc1nc(C(=O)OC)c(CC(C)C)s1. The Morgan fingerprint density at radius 1 is 1.02 bits per heavy atom. The fraction of sp³-hybridized carbons (Fsp3) is 0.472. The van der Waals surface area contributed by atoms with Crippen LogP contribution in [0.25, 0.3) is 11.1 Å². The first-order chi connectivity index (χ1) is 23.4. The van der Waals surface area contributed by atoms with Gasteiger partial charge in [0, 0.05) is 17.4 Å². The Bertz CT molecular complexity index is 1770. The highest BCUT2D eigenvalue weighted by Crippen LogP contribution is 2.50. The maximum absolute atomic E-state index is 14.0. The van der Waals surface area contributed by atoms with Crippen LogP contribution in [0.4, 0.5) is 10.8 Å². The highest BCUT2D eigenvalue weighted by molar-refractivity contribution is 7.16. The van der Waals surface area contributed by atoms with Crippen LogP contribution in [0.15, 0.2) is 29.1 Å². The van der Waals surface area contributed by atoms with Gasteiger partial charge in [0.25, 0.3) is 0 Å². The van der Waals surface area contributed by atoms with Crippen molar-refractivity contribution in [2.75, 3.05) is 39.1 Å². The second-order valence-electron chi connectivity index (χ2n) is 12.5. The average Bonchev–Trinajstić information content (AvgIpc) is 3.30. The third-order valence-corrected chi connectivity index (χ3v) is 9.62. The Labute approximate surface area is 290 Å². The highest BCUT2D eigenvalue weighted by Gasteiger charge is 2.31. The fourth-order valence-electron chi connectivity index (χ4n) is 6.05. The fourth-order valence-corrected chi connectivity index (χ4v) is 7.21. The molecule has 0 spiro atoms. The quantitative estimate of drug-likeness (QED) is 0.188. The third kappa shape index (κ3) is 8.15. The maximum atomic E-state index is 14.0. The van der Waals surface area contributed by atoms with Crippen molar-refractivity contribution >= 4 is 39.9 Å². The number of hydrogen-bond donors (Lipinski definition) is 3. The molecule has 0 saturated heterocycles. The number of ether oxygens (including phenoxy) is 4. The number of nitrogens with one attached hydrogen (secondary N) is 3. The zero-order chi connectivity index (χ0) is 36.0. The summed E-state index contributed by atoms with van der Waals surface area (Å²) in [6.45, 7) is 9.38. The van der Waals surface area contributed by atoms with Gasteiger partial charge in [-0.3, -0.25) is 14.4 Å². The van der Waals surface area contributed by atoms with Gasteiger partial charge in [-0.1, -0.05) is 40.2 Å². The molecule has 0 radical (unpaired) electrons. The minimum Gasteiger partial charge on any atom is -0.493 e. The first-order valence-corrected chi connectivity index (χ1v) is 17.1. The van der Waals surface area contributed by atoms with E-state index in [0.717, 1.165) is 16.0 Å². The summed E-state index contributed by atoms with van der Waals surface area (Å²) in [7, 11) is 5.92. The number of benzene rings is 1. The molecule has 2 aromatic carbocycles. The van der Waals surface area contributed by atoms with Crippen molar-refractivity contribution in [1.29, 1.82) is 0 Å². The predicted octanol–water partition coefficient (Wildman–Crippen LogP) is 5.77. The first-order valence-electron chi connectivity index (χ1n) is 16.3. The maximum Gasteiger partial charge on any atom is 0.357 e. The van der Waals surface area contributed by atoms with Crippen LogP contribution in [0.5, 0.6) is 17.2 Å². The lowest BCUT2D eigenvalue weighted by Gasteiger charge is -2.23. The van der Waals surface area contributed by atoms with E-state index < -0.39 is 24.0 Å². The second-order valence-corrected chi connectivity index (χ2v) is 13.6. The molecule has 0 bridgehead atoms. The van der Waals surface area contributed by atoms with Crippen LogP contribution < -0.4 is 35.6 Å². The number of anilines is 2. The molecule has 264 valence electrons. The number of hydrogen-bond acceptors (Lipinski definition) is 11. The van der Waals surface area contributed by atoms with Gasteiger partial charge in [0.05, 0.1) is 40.2 Å². The molecule has 3 atom stereocenters. The molecule has 12 nitrogen and oxygen atoms in total. The highest BCUT2D eigenvalue weighted by atomic mass is 32.1. The third-order valence-electron chi connectivity index (χ3n) is 8.62. The number of aryl methyl sites for hydroxylation is 1. The molecule has 1 aliphatic rings. The lowest BCUT2D eigenvalue weighted by atomic mass is 9.95. The molecule has 1 aliphatic carbocycles. The molecular formula is C36H46N4O8S. The lowest BCUT2D eigenvalue weighted by molar-refractivity contribution is -0.120. The average molecular weight is 695 g/mol. The number of thiazole rings is 1. The smallest absolute Gasteiger partial charge is 0.357 e. The molecule has 3 N–H and O–H groups in total. The number of fused-ring (bicyclic) bond motifs is 3. The molecule has 13 heteroatoms. The second kappa shape index (κ2) is 16.2. The molecule has 3 aromatic rings. The summed E-state index contributed by atoms with van der Waals surface area (Å²) in [6.07, 6.45) is 2.32. The summed E-state index contributed by atoms with van der Waals surface area (Å²) in [5.74, 6) is 0.216. The minimum absolute atomic E-state index is 0.182. The topological polar surface area (TPSA) is 154 Å². The van der Waals surface area contributed by atoms with E-state index in [1.807, 2.05) is 33.8 Å². The largest absolute Gasteiger partial charge is 0.493 e. The number of nitrogens with zero attached hydrogens (tertiary/aromatic N) is 1. The normalized spacial score (nSPS) is 14.8. The molecule has 1 heterocycles. The standard InChI is InChI=1S/C36H46N4O8S/c1-10-19(4)30(34(43)40-36-39-31(35(44)48-9)28(49-36)15-18(2)3)38-25-14-12-22-23(17-26(25)42)24(37-20(5)41)13-11-21-16-27(45-6)32(46-7)33(47-8)29(21)22/h12,14,16-19,24,30H,10-11,13,15H2,1-9H3,(H,37,41)(H,38,42)(H,39,40,43)/t19-,24+,30+/m1/s1. The minimum atomic E-state index is -0.823. The number of esters is 1. The van der Waals surface area contributed by atoms with Crippen molar-refractivity contribution in [3.05, 3.63) is 56.2 Å². The summed E-state index contributed by atoms with van der Waals surface area (Å²) in [4.78, 5) is 57.7. The Hall–Kier alpha value is -4.65. The molecule has 0 aliphatic heterocycles. The van der Waals surface area contributed by atoms with Crippen molar-refractivity contribution in [3.63, 3.8) is 0 Å². The van der Waals surface area contributed by atoms with Gasteiger partial charge >= 0.3 is 5.97 Å². The number of rotatable bonds is 13. The number of aromatic nitrogens is 1. The molecule has 49 heavy (non-hydrogen) atoms. The van der Waals surface area contributed by atoms with E-state index in [1.54, 1.807) is 26.4 Å². The first kappa shape index (κ1) is 37.2. The Morgan fingerprint density at radius 3 is 2.33 bits per heavy atom. The van der Waals surface area contributed by atoms with Crippen LogP contribution in [0.2, 0.25) is 0 Å². The summed E-state index contributed by atoms with van der Waals surface area (Å²) in [5, 5.41) is 9.36. The summed E-state index contributed by atoms with van der Waals surface area (Å²) in [5.41, 5.74) is 2.94. The Kier molecular flexibility index (Phi) is 12.3. The Morgan fingerprint density at radius 2 is 1.73 bits per heavy atom. The van der Waals surface area contributed by atoms with Crippen LogP contribution in [0.3, 0.4) is 0 Å². The van der Waals surface area contributed by atoms with Gasteiger partial charge < -0.3 is 34.9 Å². The predicted molar refractivity (Wildman–Crippen MR) is 190 cm³/mol. The van der Waals surface area contributed by atoms with Crippen molar-refractivity contribution in [3.8, 4) is 28.4 Å². The number of carbonyl (C=O) groups excluding carboxylic acids is 3. The molecule has 0 unspecified atom stereocenters. The molecule has 0 fully saturated rings. The summed E-state index contributed by atoms with van der Waals surface area (Å²) < 4.78 is 22.1. The zero-order valence-electron chi connectivity index (χ0n) is 29.6. The van der Waals surface area contributed by atoms with Crippen LogP contribution in [-0.4, -0.2) is 57.2 Å². The lowest BCUT2D eigenvalue weighted by Crippen LogP contribution is -2.40. The van der Waals surface area contributed by atoms with Gasteiger partial charge in [0.1, 0.15) is 6.04 Å². The van der Waals surface area contributed by atoms with E-state index in [1.165, 1.54) is 38.5 Å². The van der Waals surface area contributed by atoms with Crippen molar-refractivity contribution < 1.29 is 33.3 Å². The van der Waals surface area contributed by atoms with E-state index in [-0.39, 0.29) is 39.7 Å². The van der Waals surface area contributed by atoms with Gasteiger partial charge in [-0.05, 0) is 66.0 Å². The van der Waals surface area contributed by atoms with E-state index in [4.69, 9.17) is 18.9 Å². The molecular weight excluding hydrogens is 648 g/mol. The van der Waals surface area contributed by atoms with Gasteiger partial charge in [-0.15, -0.1) is 11.3 Å². The van der Waals surface area contributed by atoms with Crippen LogP contribution in [-0.2, 0) is 27.2 Å². The van der Waals surface area contributed by atoms with Gasteiger partial charge in [-0.2, -0.15) is 0 Å². The molecule has 0 saturated carbocycles. The number of amides is 2. The Balaban J connectivity index is 1.81. The zero-order valence-corrected chi connectivity index (χ0v) is 30.4. The summed E-state index contributed by atoms with van der Waals surface area (Å²) in [6, 6.07) is 5.56. The van der Waals surface area contributed by atoms with Crippen molar-refractivity contribution in [1.82, 2.24) is 10.3 Å². The molecule has 4 rings (SSSR count). The van der Waals surface area contributed by atoms with E-state index in [0.29, 0.717) is 54.1 Å². The van der Waals surface area contributed by atoms with Gasteiger partial charge in [0.2, 0.25) is 23.0 Å². The van der Waals surface area contributed by atoms with Crippen LogP contribution in [0, 0.1) is 11.8 Å². The van der Waals surface area contributed by atoms with E-state index >= 15 is 0 Å². The van der Waals surface area contributed by atoms with Crippen molar-refractivity contribution in [2.45, 2.75) is 72.4 Å². The van der Waals surface area contributed by atoms with Gasteiger partial charge in [0.15, 0.2) is 22.3 Å². The van der Waals surface area contributed by atoms with Crippen LogP contribution >= 0.6 is 11.3 Å². The monoisotopic (exact) mass is 694 g/mol.